The van der Waals surface area contributed by atoms with Crippen LogP contribution < -0.4 is 5.32 Å². The van der Waals surface area contributed by atoms with Crippen LogP contribution in [0.1, 0.15) is 19.2 Å². The first-order valence-electron chi connectivity index (χ1n) is 11.1. The van der Waals surface area contributed by atoms with Crippen molar-refractivity contribution in [1.82, 2.24) is 25.3 Å². The fraction of sp³-hybridized carbons (Fsp3) is 0.591. The predicted octanol–water partition coefficient (Wildman–Crippen LogP) is 2.55. The Balaban J connectivity index is 1.29. The highest BCUT2D eigenvalue weighted by Crippen LogP contribution is 2.20. The fourth-order valence-electron chi connectivity index (χ4n) is 4.08. The molecule has 2 aliphatic rings. The molecule has 2 fully saturated rings. The number of halogens is 1. The fourth-order valence-corrected chi connectivity index (χ4v) is 4.20. The first kappa shape index (κ1) is 22.0. The van der Waals surface area contributed by atoms with Crippen LogP contribution in [0.15, 0.2) is 33.8 Å². The number of rotatable bonds is 7. The molecule has 0 amide bonds. The molecule has 4 rings (SSSR count). The number of aromatic nitrogens is 2. The summed E-state index contributed by atoms with van der Waals surface area (Å²) in [5.74, 6) is 2.83. The summed E-state index contributed by atoms with van der Waals surface area (Å²) in [5, 5.41) is 8.20. The van der Waals surface area contributed by atoms with Crippen LogP contribution in [0.3, 0.4) is 0 Å². The molecule has 0 saturated carbocycles. The van der Waals surface area contributed by atoms with Crippen molar-refractivity contribution in [2.45, 2.75) is 19.8 Å². The minimum Gasteiger partial charge on any atom is -0.379 e. The van der Waals surface area contributed by atoms with Gasteiger partial charge >= 0.3 is 0 Å². The zero-order valence-corrected chi connectivity index (χ0v) is 18.9. The molecular formula is C22H31ClN6O2. The lowest BCUT2D eigenvalue weighted by atomic mass is 10.1. The lowest BCUT2D eigenvalue weighted by Crippen LogP contribution is -2.42. The molecule has 2 aliphatic heterocycles. The molecular weight excluding hydrogens is 416 g/mol. The van der Waals surface area contributed by atoms with E-state index in [1.54, 1.807) is 0 Å². The van der Waals surface area contributed by atoms with Crippen LogP contribution in [0.2, 0.25) is 5.02 Å². The molecule has 1 unspecified atom stereocenters. The van der Waals surface area contributed by atoms with Gasteiger partial charge in [-0.25, -0.2) is 0 Å². The van der Waals surface area contributed by atoms with Crippen LogP contribution in [0.5, 0.6) is 0 Å². The molecule has 9 heteroatoms. The molecule has 1 aromatic heterocycles. The zero-order chi connectivity index (χ0) is 21.5. The molecule has 1 N–H and O–H groups in total. The Hall–Kier alpha value is -2.16. The number of guanidine groups is 1. The van der Waals surface area contributed by atoms with Crippen LogP contribution in [0.25, 0.3) is 11.4 Å². The molecule has 0 bridgehead atoms. The third kappa shape index (κ3) is 6.18. The van der Waals surface area contributed by atoms with Crippen LogP contribution in [-0.4, -0.2) is 84.9 Å². The van der Waals surface area contributed by atoms with Crippen LogP contribution in [0.4, 0.5) is 0 Å². The number of hydrogen-bond acceptors (Lipinski definition) is 6. The highest BCUT2D eigenvalue weighted by Gasteiger charge is 2.27. The molecule has 3 heterocycles. The maximum Gasteiger partial charge on any atom is 0.228 e. The third-order valence-electron chi connectivity index (χ3n) is 5.70. The number of morpholine rings is 1. The number of benzene rings is 1. The average Bonchev–Trinajstić information content (AvgIpc) is 3.44. The number of ether oxygens (including phenoxy) is 1. The highest BCUT2D eigenvalue weighted by molar-refractivity contribution is 6.30. The maximum absolute atomic E-state index is 5.94. The number of nitrogens with one attached hydrogen (secondary N) is 1. The van der Waals surface area contributed by atoms with Gasteiger partial charge in [-0.15, -0.1) is 0 Å². The lowest BCUT2D eigenvalue weighted by molar-refractivity contribution is 0.0315. The van der Waals surface area contributed by atoms with Gasteiger partial charge in [-0.05, 0) is 43.5 Å². The summed E-state index contributed by atoms with van der Waals surface area (Å²) in [6.07, 6.45) is 1.82. The van der Waals surface area contributed by atoms with E-state index in [2.05, 4.69) is 32.2 Å². The van der Waals surface area contributed by atoms with Crippen LogP contribution >= 0.6 is 11.6 Å². The van der Waals surface area contributed by atoms with Gasteiger partial charge in [-0.3, -0.25) is 9.89 Å². The van der Waals surface area contributed by atoms with Crippen molar-refractivity contribution in [3.8, 4) is 11.4 Å². The molecule has 31 heavy (non-hydrogen) atoms. The molecule has 1 aromatic carbocycles. The number of hydrogen-bond donors (Lipinski definition) is 1. The van der Waals surface area contributed by atoms with Gasteiger partial charge in [-0.2, -0.15) is 4.98 Å². The summed E-state index contributed by atoms with van der Waals surface area (Å²) in [5.41, 5.74) is 0.889. The summed E-state index contributed by atoms with van der Waals surface area (Å²) < 4.78 is 10.9. The van der Waals surface area contributed by atoms with E-state index < -0.39 is 0 Å². The van der Waals surface area contributed by atoms with E-state index in [4.69, 9.17) is 25.9 Å². The molecule has 0 aliphatic carbocycles. The Morgan fingerprint density at radius 2 is 2.03 bits per heavy atom. The van der Waals surface area contributed by atoms with E-state index in [0.29, 0.717) is 35.6 Å². The van der Waals surface area contributed by atoms with Crippen molar-refractivity contribution >= 4 is 17.6 Å². The Morgan fingerprint density at radius 1 is 1.23 bits per heavy atom. The second-order valence-electron chi connectivity index (χ2n) is 8.02. The van der Waals surface area contributed by atoms with Crippen molar-refractivity contribution in [1.29, 1.82) is 0 Å². The Bertz CT molecular complexity index is 850. The van der Waals surface area contributed by atoms with Gasteiger partial charge in [0.25, 0.3) is 0 Å². The van der Waals surface area contributed by atoms with Gasteiger partial charge in [0, 0.05) is 56.3 Å². The predicted molar refractivity (Wildman–Crippen MR) is 121 cm³/mol. The van der Waals surface area contributed by atoms with E-state index >= 15 is 0 Å². The first-order valence-corrected chi connectivity index (χ1v) is 11.5. The summed E-state index contributed by atoms with van der Waals surface area (Å²) in [6, 6.07) is 7.42. The minimum atomic E-state index is 0.577. The Morgan fingerprint density at radius 3 is 2.81 bits per heavy atom. The van der Waals surface area contributed by atoms with Crippen molar-refractivity contribution in [3.05, 3.63) is 35.2 Å². The van der Waals surface area contributed by atoms with E-state index in [-0.39, 0.29) is 0 Å². The topological polar surface area (TPSA) is 79.0 Å². The standard InChI is InChI=1S/C22H31ClN6O2/c1-2-24-22(29-10-8-17(16-29)15-28-11-13-30-14-12-28)25-9-7-20-26-21(27-31-20)18-3-5-19(23)6-4-18/h3-6,17H,2,7-16H2,1H3,(H,24,25). The summed E-state index contributed by atoms with van der Waals surface area (Å²) >= 11 is 5.94. The average molecular weight is 447 g/mol. The molecule has 8 nitrogen and oxygen atoms in total. The number of likely N-dealkylation sites (tertiary alicyclic amines) is 1. The van der Waals surface area contributed by atoms with Crippen molar-refractivity contribution in [2.75, 3.05) is 59.0 Å². The molecule has 2 aromatic rings. The molecule has 168 valence electrons. The maximum atomic E-state index is 5.94. The smallest absolute Gasteiger partial charge is 0.228 e. The molecule has 0 spiro atoms. The van der Waals surface area contributed by atoms with Gasteiger partial charge in [0.05, 0.1) is 19.8 Å². The Labute approximate surface area is 188 Å². The van der Waals surface area contributed by atoms with E-state index in [1.165, 1.54) is 6.42 Å². The third-order valence-corrected chi connectivity index (χ3v) is 5.95. The summed E-state index contributed by atoms with van der Waals surface area (Å²) in [6.45, 7) is 10.6. The van der Waals surface area contributed by atoms with Gasteiger partial charge < -0.3 is 19.5 Å². The SMILES string of the molecule is CCNC(=NCCc1nc(-c2ccc(Cl)cc2)no1)N1CCC(CN2CCOCC2)C1. The first-order chi connectivity index (χ1) is 15.2. The molecule has 0 radical (unpaired) electrons. The van der Waals surface area contributed by atoms with E-state index in [0.717, 1.165) is 64.0 Å². The van der Waals surface area contributed by atoms with Gasteiger partial charge in [0.2, 0.25) is 11.7 Å². The lowest BCUT2D eigenvalue weighted by Gasteiger charge is -2.29. The zero-order valence-electron chi connectivity index (χ0n) is 18.1. The molecule has 1 atom stereocenters. The van der Waals surface area contributed by atoms with E-state index in [9.17, 15) is 0 Å². The second-order valence-corrected chi connectivity index (χ2v) is 8.45. The van der Waals surface area contributed by atoms with Crippen molar-refractivity contribution < 1.29 is 9.26 Å². The van der Waals surface area contributed by atoms with Crippen molar-refractivity contribution in [3.63, 3.8) is 0 Å². The van der Waals surface area contributed by atoms with E-state index in [1.807, 2.05) is 24.3 Å². The summed E-state index contributed by atoms with van der Waals surface area (Å²) in [4.78, 5) is 14.2. The quantitative estimate of drug-likeness (QED) is 0.517. The molecule has 2 saturated heterocycles. The van der Waals surface area contributed by atoms with Gasteiger partial charge in [0.1, 0.15) is 0 Å². The number of aliphatic imine (C=N–C) groups is 1. The minimum absolute atomic E-state index is 0.577. The van der Waals surface area contributed by atoms with Gasteiger partial charge in [0.15, 0.2) is 5.96 Å². The number of nitrogens with zero attached hydrogens (tertiary/aromatic N) is 5. The highest BCUT2D eigenvalue weighted by atomic mass is 35.5. The second kappa shape index (κ2) is 10.9. The summed E-state index contributed by atoms with van der Waals surface area (Å²) in [7, 11) is 0. The Kier molecular flexibility index (Phi) is 7.77. The normalized spacial score (nSPS) is 20.4. The van der Waals surface area contributed by atoms with Crippen LogP contribution in [-0.2, 0) is 11.2 Å². The van der Waals surface area contributed by atoms with Gasteiger partial charge in [-0.1, -0.05) is 16.8 Å². The monoisotopic (exact) mass is 446 g/mol. The van der Waals surface area contributed by atoms with Crippen molar-refractivity contribution in [2.24, 2.45) is 10.9 Å². The van der Waals surface area contributed by atoms with Crippen LogP contribution in [0, 0.1) is 5.92 Å². The largest absolute Gasteiger partial charge is 0.379 e.